The van der Waals surface area contributed by atoms with Crippen molar-refractivity contribution in [2.45, 2.75) is 12.3 Å². The number of halogens is 1. The van der Waals surface area contributed by atoms with Crippen molar-refractivity contribution in [3.8, 4) is 0 Å². The molecule has 1 saturated carbocycles. The highest BCUT2D eigenvalue weighted by Gasteiger charge is 2.39. The standard InChI is InChI=1S/C10H11BrN2O2/c11-10-7(8-4-6(8)5-12)2-1-3-9(10)13(14)15/h1-3,6,8H,4-5,12H2/t6-,8+/m0/s1. The maximum absolute atomic E-state index is 10.7. The summed E-state index contributed by atoms with van der Waals surface area (Å²) in [4.78, 5) is 10.4. The molecule has 0 aromatic heterocycles. The predicted molar refractivity (Wildman–Crippen MR) is 60.7 cm³/mol. The number of hydrogen-bond acceptors (Lipinski definition) is 3. The molecule has 2 atom stereocenters. The number of nitro groups is 1. The quantitative estimate of drug-likeness (QED) is 0.678. The molecule has 1 aliphatic carbocycles. The highest BCUT2D eigenvalue weighted by molar-refractivity contribution is 9.10. The Morgan fingerprint density at radius 3 is 2.87 bits per heavy atom. The van der Waals surface area contributed by atoms with Gasteiger partial charge in [-0.15, -0.1) is 0 Å². The lowest BCUT2D eigenvalue weighted by molar-refractivity contribution is -0.385. The van der Waals surface area contributed by atoms with Gasteiger partial charge in [0.15, 0.2) is 0 Å². The SMILES string of the molecule is NC[C@@H]1C[C@H]1c1cccc([N+](=O)[O-])c1Br. The molecule has 1 aromatic rings. The van der Waals surface area contributed by atoms with Crippen LogP contribution < -0.4 is 5.73 Å². The first-order valence-corrected chi connectivity index (χ1v) is 5.57. The van der Waals surface area contributed by atoms with E-state index in [9.17, 15) is 10.1 Å². The summed E-state index contributed by atoms with van der Waals surface area (Å²) in [7, 11) is 0. The van der Waals surface area contributed by atoms with Gasteiger partial charge in [-0.05, 0) is 46.3 Å². The van der Waals surface area contributed by atoms with Crippen LogP contribution in [0.15, 0.2) is 22.7 Å². The molecule has 1 aliphatic rings. The Bertz CT molecular complexity index is 408. The molecule has 2 rings (SSSR count). The Hall–Kier alpha value is -0.940. The second-order valence-corrected chi connectivity index (χ2v) is 4.57. The van der Waals surface area contributed by atoms with Crippen molar-refractivity contribution in [2.24, 2.45) is 11.7 Å². The third kappa shape index (κ3) is 1.89. The highest BCUT2D eigenvalue weighted by Crippen LogP contribution is 2.50. The van der Waals surface area contributed by atoms with Gasteiger partial charge < -0.3 is 5.73 Å². The zero-order valence-electron chi connectivity index (χ0n) is 8.02. The molecule has 0 saturated heterocycles. The number of rotatable bonds is 3. The van der Waals surface area contributed by atoms with E-state index in [1.54, 1.807) is 6.07 Å². The number of benzene rings is 1. The van der Waals surface area contributed by atoms with E-state index in [0.29, 0.717) is 22.9 Å². The van der Waals surface area contributed by atoms with Gasteiger partial charge in [-0.1, -0.05) is 12.1 Å². The Morgan fingerprint density at radius 1 is 1.60 bits per heavy atom. The molecule has 1 aromatic carbocycles. The average Bonchev–Trinajstić information content (AvgIpc) is 2.96. The fraction of sp³-hybridized carbons (Fsp3) is 0.400. The predicted octanol–water partition coefficient (Wildman–Crippen LogP) is 2.42. The van der Waals surface area contributed by atoms with Crippen LogP contribution in [0.3, 0.4) is 0 Å². The average molecular weight is 271 g/mol. The molecule has 0 aliphatic heterocycles. The van der Waals surface area contributed by atoms with Gasteiger partial charge in [0.05, 0.1) is 9.40 Å². The van der Waals surface area contributed by atoms with Gasteiger partial charge in [0.2, 0.25) is 0 Å². The summed E-state index contributed by atoms with van der Waals surface area (Å²) < 4.78 is 0.607. The van der Waals surface area contributed by atoms with Crippen LogP contribution in [0, 0.1) is 16.0 Å². The normalized spacial score (nSPS) is 23.9. The minimum atomic E-state index is -0.368. The first-order chi connectivity index (χ1) is 7.15. The zero-order chi connectivity index (χ0) is 11.0. The largest absolute Gasteiger partial charge is 0.330 e. The van der Waals surface area contributed by atoms with Crippen LogP contribution in [0.4, 0.5) is 5.69 Å². The Kier molecular flexibility index (Phi) is 2.75. The molecule has 0 unspecified atom stereocenters. The van der Waals surface area contributed by atoms with E-state index in [2.05, 4.69) is 15.9 Å². The van der Waals surface area contributed by atoms with Crippen LogP contribution >= 0.6 is 15.9 Å². The van der Waals surface area contributed by atoms with Gasteiger partial charge in [-0.2, -0.15) is 0 Å². The van der Waals surface area contributed by atoms with Crippen molar-refractivity contribution in [1.29, 1.82) is 0 Å². The summed E-state index contributed by atoms with van der Waals surface area (Å²) in [6, 6.07) is 5.16. The molecule has 2 N–H and O–H groups in total. The van der Waals surface area contributed by atoms with Crippen LogP contribution in [0.5, 0.6) is 0 Å². The third-order valence-electron chi connectivity index (χ3n) is 2.83. The van der Waals surface area contributed by atoms with Crippen LogP contribution in [0.2, 0.25) is 0 Å². The second kappa shape index (κ2) is 3.90. The summed E-state index contributed by atoms with van der Waals surface area (Å²) in [5.41, 5.74) is 6.71. The van der Waals surface area contributed by atoms with Gasteiger partial charge in [-0.25, -0.2) is 0 Å². The van der Waals surface area contributed by atoms with Crippen molar-refractivity contribution in [1.82, 2.24) is 0 Å². The fourth-order valence-electron chi connectivity index (χ4n) is 1.85. The van der Waals surface area contributed by atoms with Gasteiger partial charge in [0, 0.05) is 6.07 Å². The topological polar surface area (TPSA) is 69.2 Å². The second-order valence-electron chi connectivity index (χ2n) is 3.78. The van der Waals surface area contributed by atoms with E-state index in [1.165, 1.54) is 6.07 Å². The summed E-state index contributed by atoms with van der Waals surface area (Å²) in [6.45, 7) is 0.653. The Morgan fingerprint density at radius 2 is 2.33 bits per heavy atom. The fourth-order valence-corrected chi connectivity index (χ4v) is 2.56. The van der Waals surface area contributed by atoms with Gasteiger partial charge in [0.25, 0.3) is 5.69 Å². The lowest BCUT2D eigenvalue weighted by Gasteiger charge is -2.03. The third-order valence-corrected chi connectivity index (χ3v) is 3.69. The molecule has 0 spiro atoms. The Balaban J connectivity index is 2.33. The maximum Gasteiger partial charge on any atom is 0.283 e. The minimum absolute atomic E-state index is 0.134. The lowest BCUT2D eigenvalue weighted by Crippen LogP contribution is -2.02. The summed E-state index contributed by atoms with van der Waals surface area (Å²) in [5.74, 6) is 0.882. The van der Waals surface area contributed by atoms with Crippen LogP contribution in [0.1, 0.15) is 17.9 Å². The molecule has 0 amide bonds. The Labute approximate surface area is 95.7 Å². The van der Waals surface area contributed by atoms with E-state index >= 15 is 0 Å². The first kappa shape index (κ1) is 10.6. The smallest absolute Gasteiger partial charge is 0.283 e. The number of nitrogens with two attached hydrogens (primary N) is 1. The summed E-state index contributed by atoms with van der Waals surface area (Å²) in [5, 5.41) is 10.7. The number of hydrogen-bond donors (Lipinski definition) is 1. The molecule has 0 bridgehead atoms. The van der Waals surface area contributed by atoms with Gasteiger partial charge in [-0.3, -0.25) is 10.1 Å². The van der Waals surface area contributed by atoms with E-state index in [4.69, 9.17) is 5.73 Å². The highest BCUT2D eigenvalue weighted by atomic mass is 79.9. The van der Waals surface area contributed by atoms with Crippen LogP contribution in [-0.4, -0.2) is 11.5 Å². The van der Waals surface area contributed by atoms with E-state index in [0.717, 1.165) is 12.0 Å². The molecule has 5 heteroatoms. The molecule has 15 heavy (non-hydrogen) atoms. The molecule has 0 radical (unpaired) electrons. The summed E-state index contributed by atoms with van der Waals surface area (Å²) >= 11 is 3.30. The van der Waals surface area contributed by atoms with E-state index < -0.39 is 0 Å². The van der Waals surface area contributed by atoms with Gasteiger partial charge in [0.1, 0.15) is 0 Å². The van der Waals surface area contributed by atoms with Crippen LogP contribution in [-0.2, 0) is 0 Å². The molecule has 80 valence electrons. The van der Waals surface area contributed by atoms with Crippen molar-refractivity contribution in [3.05, 3.63) is 38.3 Å². The molecular formula is C10H11BrN2O2. The number of nitro benzene ring substituents is 1. The molecule has 4 nitrogen and oxygen atoms in total. The van der Waals surface area contributed by atoms with Gasteiger partial charge >= 0.3 is 0 Å². The molecule has 0 heterocycles. The molecule has 1 fully saturated rings. The first-order valence-electron chi connectivity index (χ1n) is 4.78. The zero-order valence-corrected chi connectivity index (χ0v) is 9.61. The van der Waals surface area contributed by atoms with Crippen LogP contribution in [0.25, 0.3) is 0 Å². The van der Waals surface area contributed by atoms with Crippen molar-refractivity contribution in [3.63, 3.8) is 0 Å². The number of nitrogens with zero attached hydrogens (tertiary/aromatic N) is 1. The van der Waals surface area contributed by atoms with E-state index in [1.807, 2.05) is 6.07 Å². The lowest BCUT2D eigenvalue weighted by atomic mass is 10.1. The van der Waals surface area contributed by atoms with E-state index in [-0.39, 0.29) is 10.6 Å². The maximum atomic E-state index is 10.7. The van der Waals surface area contributed by atoms with Crippen molar-refractivity contribution < 1.29 is 4.92 Å². The summed E-state index contributed by atoms with van der Waals surface area (Å²) in [6.07, 6.45) is 1.04. The minimum Gasteiger partial charge on any atom is -0.330 e. The monoisotopic (exact) mass is 270 g/mol. The molecular weight excluding hydrogens is 260 g/mol. The van der Waals surface area contributed by atoms with Crippen molar-refractivity contribution in [2.75, 3.05) is 6.54 Å². The van der Waals surface area contributed by atoms with Crippen molar-refractivity contribution >= 4 is 21.6 Å².